The van der Waals surface area contributed by atoms with Crippen molar-refractivity contribution < 1.29 is 4.79 Å². The first-order valence-electron chi connectivity index (χ1n) is 8.98. The fourth-order valence-corrected chi connectivity index (χ4v) is 3.69. The van der Waals surface area contributed by atoms with Gasteiger partial charge in [0.05, 0.1) is 28.1 Å². The molecule has 0 atom stereocenters. The maximum atomic E-state index is 12.5. The van der Waals surface area contributed by atoms with Crippen molar-refractivity contribution in [2.45, 2.75) is 20.3 Å². The highest BCUT2D eigenvalue weighted by molar-refractivity contribution is 7.13. The van der Waals surface area contributed by atoms with Crippen molar-refractivity contribution in [1.29, 1.82) is 0 Å². The predicted molar refractivity (Wildman–Crippen MR) is 110 cm³/mol. The maximum absolute atomic E-state index is 12.5. The van der Waals surface area contributed by atoms with Crippen LogP contribution in [0.5, 0.6) is 0 Å². The minimum atomic E-state index is -0.119. The van der Waals surface area contributed by atoms with Gasteiger partial charge in [0.1, 0.15) is 5.01 Å². The third kappa shape index (κ3) is 3.89. The number of aryl methyl sites for hydroxylation is 2. The Kier molecular flexibility index (Phi) is 5.08. The summed E-state index contributed by atoms with van der Waals surface area (Å²) in [5.41, 5.74) is 5.91. The Morgan fingerprint density at radius 3 is 2.54 bits per heavy atom. The van der Waals surface area contributed by atoms with E-state index >= 15 is 0 Å². The van der Waals surface area contributed by atoms with E-state index in [2.05, 4.69) is 25.3 Å². The van der Waals surface area contributed by atoms with Gasteiger partial charge in [-0.2, -0.15) is 0 Å². The summed E-state index contributed by atoms with van der Waals surface area (Å²) in [6, 6.07) is 9.29. The van der Waals surface area contributed by atoms with E-state index in [9.17, 15) is 4.79 Å². The van der Waals surface area contributed by atoms with Crippen molar-refractivity contribution in [1.82, 2.24) is 25.3 Å². The number of fused-ring (bicyclic) bond motifs is 1. The van der Waals surface area contributed by atoms with Gasteiger partial charge in [-0.05, 0) is 44.2 Å². The number of hydrogen-bond donors (Lipinski definition) is 1. The zero-order chi connectivity index (χ0) is 19.5. The summed E-state index contributed by atoms with van der Waals surface area (Å²) in [5, 5.41) is 5.94. The average molecular weight is 389 g/mol. The lowest BCUT2D eigenvalue weighted by Crippen LogP contribution is -2.25. The van der Waals surface area contributed by atoms with Gasteiger partial charge in [0.2, 0.25) is 0 Å². The Morgan fingerprint density at radius 1 is 1.00 bits per heavy atom. The summed E-state index contributed by atoms with van der Waals surface area (Å²) >= 11 is 1.59. The van der Waals surface area contributed by atoms with Crippen molar-refractivity contribution in [3.63, 3.8) is 0 Å². The molecule has 0 bridgehead atoms. The predicted octanol–water partition coefficient (Wildman–Crippen LogP) is 3.74. The van der Waals surface area contributed by atoms with Crippen molar-refractivity contribution >= 4 is 28.3 Å². The van der Waals surface area contributed by atoms with E-state index in [4.69, 9.17) is 0 Å². The molecule has 6 nitrogen and oxygen atoms in total. The summed E-state index contributed by atoms with van der Waals surface area (Å²) in [5.74, 6) is -0.119. The zero-order valence-electron chi connectivity index (χ0n) is 15.6. The minimum absolute atomic E-state index is 0.119. The molecule has 4 rings (SSSR count). The molecular formula is C21H19N5OS. The van der Waals surface area contributed by atoms with Crippen LogP contribution in [0.2, 0.25) is 0 Å². The monoisotopic (exact) mass is 389 g/mol. The van der Waals surface area contributed by atoms with Crippen LogP contribution in [0.4, 0.5) is 0 Å². The van der Waals surface area contributed by atoms with Gasteiger partial charge in [-0.25, -0.2) is 15.0 Å². The van der Waals surface area contributed by atoms with Crippen LogP contribution in [-0.2, 0) is 6.42 Å². The number of nitrogens with one attached hydrogen (secondary N) is 1. The van der Waals surface area contributed by atoms with Crippen LogP contribution in [-0.4, -0.2) is 32.4 Å². The first-order valence-corrected chi connectivity index (χ1v) is 9.86. The molecule has 0 aliphatic heterocycles. The molecule has 1 aromatic carbocycles. The molecule has 0 saturated heterocycles. The molecule has 0 aliphatic rings. The molecule has 0 unspecified atom stereocenters. The number of pyridine rings is 1. The molecule has 1 N–H and O–H groups in total. The molecule has 28 heavy (non-hydrogen) atoms. The molecule has 0 aliphatic carbocycles. The molecule has 4 aromatic rings. The van der Waals surface area contributed by atoms with Gasteiger partial charge in [-0.15, -0.1) is 11.3 Å². The number of amides is 1. The molecule has 140 valence electrons. The van der Waals surface area contributed by atoms with Gasteiger partial charge >= 0.3 is 0 Å². The highest BCUT2D eigenvalue weighted by Gasteiger charge is 2.10. The summed E-state index contributed by atoms with van der Waals surface area (Å²) in [4.78, 5) is 30.1. The van der Waals surface area contributed by atoms with Crippen LogP contribution in [0.3, 0.4) is 0 Å². The van der Waals surface area contributed by atoms with E-state index in [1.165, 1.54) is 0 Å². The second-order valence-corrected chi connectivity index (χ2v) is 7.34. The number of nitrogens with zero attached hydrogens (tertiary/aromatic N) is 4. The molecule has 0 fully saturated rings. The van der Waals surface area contributed by atoms with Gasteiger partial charge in [0, 0.05) is 41.9 Å². The number of aromatic nitrogens is 4. The van der Waals surface area contributed by atoms with Crippen LogP contribution < -0.4 is 5.32 Å². The number of benzene rings is 1. The van der Waals surface area contributed by atoms with Crippen molar-refractivity contribution in [3.05, 3.63) is 70.8 Å². The van der Waals surface area contributed by atoms with E-state index in [1.54, 1.807) is 35.9 Å². The molecule has 0 radical (unpaired) electrons. The number of hydrogen-bond acceptors (Lipinski definition) is 6. The number of carbonyl (C=O) groups is 1. The zero-order valence-corrected chi connectivity index (χ0v) is 16.5. The van der Waals surface area contributed by atoms with Crippen LogP contribution in [0, 0.1) is 13.8 Å². The fourth-order valence-electron chi connectivity index (χ4n) is 2.83. The quantitative estimate of drug-likeness (QED) is 0.562. The molecule has 0 saturated carbocycles. The highest BCUT2D eigenvalue weighted by atomic mass is 32.1. The first kappa shape index (κ1) is 18.2. The number of thiazole rings is 1. The van der Waals surface area contributed by atoms with Crippen molar-refractivity contribution in [3.8, 4) is 10.6 Å². The Hall–Kier alpha value is -3.19. The SMILES string of the molecule is Cc1nc2ccc(C(=O)NCCc3csc(-c4ccncc4)n3)cc2nc1C. The second kappa shape index (κ2) is 7.82. The van der Waals surface area contributed by atoms with E-state index in [0.717, 1.165) is 38.7 Å². The van der Waals surface area contributed by atoms with Crippen molar-refractivity contribution in [2.75, 3.05) is 6.54 Å². The fraction of sp³-hybridized carbons (Fsp3) is 0.190. The number of carbonyl (C=O) groups excluding carboxylic acids is 1. The van der Waals surface area contributed by atoms with Crippen LogP contribution in [0.25, 0.3) is 21.6 Å². The third-order valence-electron chi connectivity index (χ3n) is 4.48. The van der Waals surface area contributed by atoms with Gasteiger partial charge in [-0.3, -0.25) is 9.78 Å². The lowest BCUT2D eigenvalue weighted by molar-refractivity contribution is 0.0954. The average Bonchev–Trinajstić information content (AvgIpc) is 3.18. The van der Waals surface area contributed by atoms with Gasteiger partial charge in [-0.1, -0.05) is 0 Å². The summed E-state index contributed by atoms with van der Waals surface area (Å²) in [6.07, 6.45) is 4.19. The standard InChI is InChI=1S/C21H19N5OS/c1-13-14(2)25-19-11-16(3-4-18(19)24-13)20(27)23-10-7-17-12-28-21(26-17)15-5-8-22-9-6-15/h3-6,8-9,11-12H,7,10H2,1-2H3,(H,23,27). The highest BCUT2D eigenvalue weighted by Crippen LogP contribution is 2.23. The number of rotatable bonds is 5. The summed E-state index contributed by atoms with van der Waals surface area (Å²) < 4.78 is 0. The minimum Gasteiger partial charge on any atom is -0.352 e. The largest absolute Gasteiger partial charge is 0.352 e. The molecular weight excluding hydrogens is 370 g/mol. The molecule has 3 heterocycles. The Bertz CT molecular complexity index is 1140. The molecule has 0 spiro atoms. The smallest absolute Gasteiger partial charge is 0.251 e. The molecule has 1 amide bonds. The normalized spacial score (nSPS) is 10.9. The van der Waals surface area contributed by atoms with Crippen LogP contribution in [0.1, 0.15) is 27.4 Å². The van der Waals surface area contributed by atoms with E-state index < -0.39 is 0 Å². The maximum Gasteiger partial charge on any atom is 0.251 e. The Morgan fingerprint density at radius 2 is 1.75 bits per heavy atom. The summed E-state index contributed by atoms with van der Waals surface area (Å²) in [6.45, 7) is 4.37. The van der Waals surface area contributed by atoms with E-state index in [1.807, 2.05) is 37.4 Å². The summed E-state index contributed by atoms with van der Waals surface area (Å²) in [7, 11) is 0. The first-order chi connectivity index (χ1) is 13.6. The molecule has 7 heteroatoms. The van der Waals surface area contributed by atoms with Gasteiger partial charge in [0.25, 0.3) is 5.91 Å². The Labute approximate surface area is 166 Å². The van der Waals surface area contributed by atoms with E-state index in [0.29, 0.717) is 18.5 Å². The van der Waals surface area contributed by atoms with Gasteiger partial charge in [0.15, 0.2) is 0 Å². The van der Waals surface area contributed by atoms with Crippen molar-refractivity contribution in [2.24, 2.45) is 0 Å². The van der Waals surface area contributed by atoms with Gasteiger partial charge < -0.3 is 5.32 Å². The second-order valence-electron chi connectivity index (χ2n) is 6.48. The topological polar surface area (TPSA) is 80.7 Å². The lowest BCUT2D eigenvalue weighted by Gasteiger charge is -2.06. The lowest BCUT2D eigenvalue weighted by atomic mass is 10.1. The third-order valence-corrected chi connectivity index (χ3v) is 5.42. The van der Waals surface area contributed by atoms with E-state index in [-0.39, 0.29) is 5.91 Å². The van der Waals surface area contributed by atoms with Crippen LogP contribution in [0.15, 0.2) is 48.1 Å². The van der Waals surface area contributed by atoms with Crippen LogP contribution >= 0.6 is 11.3 Å². The Balaban J connectivity index is 1.39. The molecule has 3 aromatic heterocycles.